The molecule has 0 aromatic heterocycles. The van der Waals surface area contributed by atoms with Crippen molar-refractivity contribution < 1.29 is 21.7 Å². The fourth-order valence-electron chi connectivity index (χ4n) is 0. The molecular formula is C3H9BiSTi. The van der Waals surface area contributed by atoms with Crippen molar-refractivity contribution in [3.63, 3.8) is 0 Å². The molecule has 0 spiro atoms. The van der Waals surface area contributed by atoms with Crippen molar-refractivity contribution in [1.82, 2.24) is 0 Å². The fourth-order valence-corrected chi connectivity index (χ4v) is 0. The first-order valence-electron chi connectivity index (χ1n) is 1.52. The van der Waals surface area contributed by atoms with Crippen molar-refractivity contribution >= 4 is 27.1 Å². The molecule has 0 radical (unpaired) electrons. The quantitative estimate of drug-likeness (QED) is 0.611. The molecule has 0 aliphatic heterocycles. The summed E-state index contributed by atoms with van der Waals surface area (Å²) < 4.78 is 6.65. The molecule has 0 saturated heterocycles. The molecule has 36 valence electrons. The molecule has 0 aromatic rings. The van der Waals surface area contributed by atoms with Crippen molar-refractivity contribution in [1.29, 1.82) is 0 Å². The summed E-state index contributed by atoms with van der Waals surface area (Å²) in [4.78, 5) is 0. The van der Waals surface area contributed by atoms with Gasteiger partial charge in [0.2, 0.25) is 0 Å². The van der Waals surface area contributed by atoms with E-state index in [2.05, 4.69) is 13.9 Å². The van der Waals surface area contributed by atoms with E-state index >= 15 is 0 Å². The van der Waals surface area contributed by atoms with Gasteiger partial charge in [0.25, 0.3) is 0 Å². The van der Waals surface area contributed by atoms with Gasteiger partial charge in [-0.25, -0.2) is 0 Å². The van der Waals surface area contributed by atoms with Gasteiger partial charge in [-0.3, -0.25) is 0 Å². The molecule has 0 rings (SSSR count). The molecule has 0 amide bonds. The van der Waals surface area contributed by atoms with Crippen molar-refractivity contribution in [2.24, 2.45) is 0 Å². The van der Waals surface area contributed by atoms with Gasteiger partial charge < -0.3 is 0 Å². The van der Waals surface area contributed by atoms with Crippen molar-refractivity contribution in [2.75, 3.05) is 0 Å². The van der Waals surface area contributed by atoms with Crippen LogP contribution in [0.3, 0.4) is 0 Å². The van der Waals surface area contributed by atoms with Crippen molar-refractivity contribution in [3.8, 4) is 0 Å². The predicted molar refractivity (Wildman–Crippen MR) is 30.9 cm³/mol. The smallest absolute Gasteiger partial charge is 0 e. The van der Waals surface area contributed by atoms with Crippen LogP contribution in [0.15, 0.2) is 0 Å². The first-order chi connectivity index (χ1) is 2.00. The summed E-state index contributed by atoms with van der Waals surface area (Å²) in [6.45, 7) is 0. The van der Waals surface area contributed by atoms with Crippen LogP contribution in [-0.4, -0.2) is 18.2 Å². The first-order valence-corrected chi connectivity index (χ1v) is 16.6. The molecule has 0 fully saturated rings. The summed E-state index contributed by atoms with van der Waals surface area (Å²) in [7, 11) is 5.04. The SMILES string of the molecule is [CH3][Bi]([CH3])([CH3])=[S].[Ti]. The minimum atomic E-state index is -1.64. The van der Waals surface area contributed by atoms with Gasteiger partial charge in [-0.2, -0.15) is 0 Å². The van der Waals surface area contributed by atoms with Crippen LogP contribution < -0.4 is 0 Å². The molecule has 0 bridgehead atoms. The van der Waals surface area contributed by atoms with E-state index in [9.17, 15) is 0 Å². The molecule has 0 aromatic carbocycles. The number of hydrogen-bond donors (Lipinski definition) is 0. The zero-order chi connectivity index (χ0) is 4.50. The van der Waals surface area contributed by atoms with E-state index in [0.717, 1.165) is 0 Å². The molecule has 0 aliphatic carbocycles. The first kappa shape index (κ1) is 10.7. The minimum absolute atomic E-state index is 0. The second kappa shape index (κ2) is 3.78. The maximum Gasteiger partial charge on any atom is 0 e. The Morgan fingerprint density at radius 3 is 1.17 bits per heavy atom. The monoisotopic (exact) mass is 334 g/mol. The summed E-state index contributed by atoms with van der Waals surface area (Å²) in [6, 6.07) is 0. The third-order valence-electron chi connectivity index (χ3n) is 0. The summed E-state index contributed by atoms with van der Waals surface area (Å²) in [6.07, 6.45) is 0. The van der Waals surface area contributed by atoms with Gasteiger partial charge in [-0.1, -0.05) is 0 Å². The Hall–Kier alpha value is 1.82. The molecule has 0 saturated carbocycles. The fraction of sp³-hybridized carbons (Fsp3) is 1.00. The Morgan fingerprint density at radius 2 is 1.17 bits per heavy atom. The number of rotatable bonds is 0. The molecular weight excluding hydrogens is 325 g/mol. The van der Waals surface area contributed by atoms with E-state index in [1.165, 1.54) is 0 Å². The van der Waals surface area contributed by atoms with Crippen LogP contribution in [0.4, 0.5) is 0 Å². The Kier molecular flexibility index (Phi) is 6.76. The van der Waals surface area contributed by atoms with Gasteiger partial charge in [0.15, 0.2) is 0 Å². The van der Waals surface area contributed by atoms with Crippen LogP contribution in [0.2, 0.25) is 13.9 Å². The molecule has 0 nitrogen and oxygen atoms in total. The Morgan fingerprint density at radius 1 is 1.17 bits per heavy atom. The Balaban J connectivity index is 0. The molecule has 0 unspecified atom stereocenters. The van der Waals surface area contributed by atoms with Crippen molar-refractivity contribution in [2.45, 2.75) is 13.9 Å². The molecule has 0 N–H and O–H groups in total. The molecule has 0 aliphatic rings. The summed E-state index contributed by atoms with van der Waals surface area (Å²) in [5.41, 5.74) is 0. The summed E-state index contributed by atoms with van der Waals surface area (Å²) >= 11 is -1.64. The maximum absolute atomic E-state index is 5.04. The van der Waals surface area contributed by atoms with E-state index in [0.29, 0.717) is 0 Å². The van der Waals surface area contributed by atoms with E-state index in [1.807, 2.05) is 0 Å². The van der Waals surface area contributed by atoms with Gasteiger partial charge in [-0.05, 0) is 0 Å². The van der Waals surface area contributed by atoms with Crippen LogP contribution in [0, 0.1) is 0 Å². The van der Waals surface area contributed by atoms with Crippen LogP contribution in [0.5, 0.6) is 0 Å². The van der Waals surface area contributed by atoms with Gasteiger partial charge in [0.1, 0.15) is 0 Å². The molecule has 6 heavy (non-hydrogen) atoms. The topological polar surface area (TPSA) is 0 Å². The second-order valence-electron chi connectivity index (χ2n) is 1.89. The number of hydrogen-bond acceptors (Lipinski definition) is 1. The molecule has 0 atom stereocenters. The van der Waals surface area contributed by atoms with E-state index in [-0.39, 0.29) is 21.7 Å². The normalized spacial score (nSPS) is 9.83. The van der Waals surface area contributed by atoms with E-state index < -0.39 is 18.2 Å². The third kappa shape index (κ3) is 40.9. The summed E-state index contributed by atoms with van der Waals surface area (Å²) in [5.74, 6) is 0. The van der Waals surface area contributed by atoms with E-state index in [1.54, 1.807) is 0 Å². The Labute approximate surface area is 61.9 Å². The summed E-state index contributed by atoms with van der Waals surface area (Å²) in [5, 5.41) is 0. The Bertz CT molecular complexity index is 56.9. The zero-order valence-electron chi connectivity index (χ0n) is 4.36. The van der Waals surface area contributed by atoms with Gasteiger partial charge in [-0.15, -0.1) is 0 Å². The average Bonchev–Trinajstić information content (AvgIpc) is 0.722. The van der Waals surface area contributed by atoms with Gasteiger partial charge in [0, 0.05) is 21.7 Å². The zero-order valence-corrected chi connectivity index (χ0v) is 10.2. The van der Waals surface area contributed by atoms with Crippen LogP contribution in [0.25, 0.3) is 0 Å². The van der Waals surface area contributed by atoms with Crippen LogP contribution in [-0.2, 0) is 21.7 Å². The van der Waals surface area contributed by atoms with Crippen LogP contribution >= 0.6 is 8.86 Å². The average molecular weight is 334 g/mol. The van der Waals surface area contributed by atoms with Crippen LogP contribution in [0.1, 0.15) is 0 Å². The largest absolute Gasteiger partial charge is 0 e. The maximum atomic E-state index is 5.04. The standard InChI is InChI=1S/3CH3.Bi.S.Ti/h3*1H3;;;. The predicted octanol–water partition coefficient (Wildman–Crippen LogP) is 2.02. The van der Waals surface area contributed by atoms with Crippen molar-refractivity contribution in [3.05, 3.63) is 0 Å². The second-order valence-corrected chi connectivity index (χ2v) is 26.2. The van der Waals surface area contributed by atoms with Gasteiger partial charge in [0.05, 0.1) is 0 Å². The third-order valence-corrected chi connectivity index (χ3v) is 0. The molecule has 0 heterocycles. The minimum Gasteiger partial charge on any atom is 0 e. The van der Waals surface area contributed by atoms with Gasteiger partial charge >= 0.3 is 41.0 Å². The molecule has 3 heteroatoms. The van der Waals surface area contributed by atoms with E-state index in [4.69, 9.17) is 8.86 Å².